The van der Waals surface area contributed by atoms with Gasteiger partial charge in [-0.15, -0.1) is 11.3 Å². The first-order chi connectivity index (χ1) is 11.6. The lowest BCUT2D eigenvalue weighted by molar-refractivity contribution is 0.102. The van der Waals surface area contributed by atoms with Crippen molar-refractivity contribution in [3.05, 3.63) is 63.5 Å². The number of hydrogen-bond acceptors (Lipinski definition) is 4. The van der Waals surface area contributed by atoms with Crippen LogP contribution in [0.4, 0.5) is 5.13 Å². The van der Waals surface area contributed by atoms with Crippen molar-refractivity contribution in [3.8, 4) is 17.0 Å². The summed E-state index contributed by atoms with van der Waals surface area (Å²) in [7, 11) is 1.61. The van der Waals surface area contributed by atoms with Crippen LogP contribution in [0.25, 0.3) is 11.3 Å². The maximum absolute atomic E-state index is 12.3. The molecule has 0 aliphatic carbocycles. The molecule has 0 saturated carbocycles. The average molecular weight is 379 g/mol. The Hall–Kier alpha value is -2.08. The van der Waals surface area contributed by atoms with Crippen LogP contribution in [0.3, 0.4) is 0 Å². The molecular weight excluding hydrogens is 367 g/mol. The molecule has 2 aromatic carbocycles. The smallest absolute Gasteiger partial charge is 0.257 e. The van der Waals surface area contributed by atoms with Crippen LogP contribution in [0, 0.1) is 0 Å². The molecule has 1 amide bonds. The van der Waals surface area contributed by atoms with E-state index in [1.165, 1.54) is 17.4 Å². The molecule has 0 bridgehead atoms. The zero-order valence-corrected chi connectivity index (χ0v) is 14.9. The second-order valence-electron chi connectivity index (χ2n) is 4.85. The molecule has 1 heterocycles. The third-order valence-corrected chi connectivity index (χ3v) is 4.77. The molecule has 0 radical (unpaired) electrons. The number of benzene rings is 2. The number of amides is 1. The highest BCUT2D eigenvalue weighted by molar-refractivity contribution is 7.14. The highest BCUT2D eigenvalue weighted by atomic mass is 35.5. The van der Waals surface area contributed by atoms with E-state index in [1.807, 2.05) is 29.6 Å². The lowest BCUT2D eigenvalue weighted by Crippen LogP contribution is -2.11. The van der Waals surface area contributed by atoms with Crippen molar-refractivity contribution < 1.29 is 9.53 Å². The Bertz CT molecular complexity index is 896. The number of nitrogens with one attached hydrogen (secondary N) is 1. The van der Waals surface area contributed by atoms with E-state index in [1.54, 1.807) is 19.2 Å². The molecule has 0 unspecified atom stereocenters. The monoisotopic (exact) mass is 378 g/mol. The predicted molar refractivity (Wildman–Crippen MR) is 98.5 cm³/mol. The van der Waals surface area contributed by atoms with Crippen LogP contribution >= 0.6 is 34.5 Å². The van der Waals surface area contributed by atoms with Gasteiger partial charge in [-0.1, -0.05) is 35.3 Å². The van der Waals surface area contributed by atoms with Crippen molar-refractivity contribution in [3.63, 3.8) is 0 Å². The van der Waals surface area contributed by atoms with E-state index in [2.05, 4.69) is 10.3 Å². The highest BCUT2D eigenvalue weighted by Crippen LogP contribution is 2.28. The van der Waals surface area contributed by atoms with Gasteiger partial charge < -0.3 is 4.74 Å². The van der Waals surface area contributed by atoms with Crippen molar-refractivity contribution in [2.24, 2.45) is 0 Å². The highest BCUT2D eigenvalue weighted by Gasteiger charge is 2.12. The van der Waals surface area contributed by atoms with Gasteiger partial charge in [0.2, 0.25) is 0 Å². The number of nitrogens with zero attached hydrogens (tertiary/aromatic N) is 1. The second-order valence-corrected chi connectivity index (χ2v) is 6.53. The number of thiazole rings is 1. The van der Waals surface area contributed by atoms with E-state index in [0.717, 1.165) is 17.0 Å². The van der Waals surface area contributed by atoms with Gasteiger partial charge in [0.25, 0.3) is 5.91 Å². The minimum Gasteiger partial charge on any atom is -0.497 e. The van der Waals surface area contributed by atoms with Crippen LogP contribution in [0.15, 0.2) is 47.8 Å². The molecule has 7 heteroatoms. The van der Waals surface area contributed by atoms with E-state index >= 15 is 0 Å². The third-order valence-electron chi connectivity index (χ3n) is 3.27. The molecule has 122 valence electrons. The van der Waals surface area contributed by atoms with E-state index in [-0.39, 0.29) is 5.91 Å². The van der Waals surface area contributed by atoms with E-state index in [0.29, 0.717) is 20.7 Å². The van der Waals surface area contributed by atoms with Crippen molar-refractivity contribution in [2.45, 2.75) is 0 Å². The van der Waals surface area contributed by atoms with Crippen LogP contribution in [0.2, 0.25) is 10.0 Å². The Morgan fingerprint density at radius 1 is 1.17 bits per heavy atom. The van der Waals surface area contributed by atoms with E-state index in [9.17, 15) is 4.79 Å². The fraction of sp³-hybridized carbons (Fsp3) is 0.0588. The van der Waals surface area contributed by atoms with E-state index in [4.69, 9.17) is 27.9 Å². The minimum absolute atomic E-state index is 0.292. The Morgan fingerprint density at radius 3 is 2.75 bits per heavy atom. The topological polar surface area (TPSA) is 51.2 Å². The molecule has 0 aliphatic heterocycles. The minimum atomic E-state index is -0.292. The van der Waals surface area contributed by atoms with Gasteiger partial charge in [0.1, 0.15) is 5.75 Å². The Kier molecular flexibility index (Phi) is 5.04. The Labute approximate surface area is 153 Å². The SMILES string of the molecule is COc1cccc(-c2csc(NC(=O)c3ccc(Cl)c(Cl)c3)n2)c1. The van der Waals surface area contributed by atoms with E-state index < -0.39 is 0 Å². The summed E-state index contributed by atoms with van der Waals surface area (Å²) in [4.78, 5) is 16.7. The molecule has 0 aliphatic rings. The summed E-state index contributed by atoms with van der Waals surface area (Å²) < 4.78 is 5.21. The van der Waals surface area contributed by atoms with Crippen LogP contribution in [0.5, 0.6) is 5.75 Å². The van der Waals surface area contributed by atoms with Crippen molar-refractivity contribution >= 4 is 45.6 Å². The third kappa shape index (κ3) is 3.70. The first-order valence-electron chi connectivity index (χ1n) is 6.93. The second kappa shape index (κ2) is 7.21. The van der Waals surface area contributed by atoms with Gasteiger partial charge in [-0.05, 0) is 30.3 Å². The van der Waals surface area contributed by atoms with Crippen LogP contribution in [0.1, 0.15) is 10.4 Å². The van der Waals surface area contributed by atoms with Gasteiger partial charge in [-0.25, -0.2) is 4.98 Å². The molecular formula is C17H12Cl2N2O2S. The summed E-state index contributed by atoms with van der Waals surface area (Å²) in [6, 6.07) is 12.3. The maximum atomic E-state index is 12.3. The van der Waals surface area contributed by atoms with Gasteiger partial charge in [-0.3, -0.25) is 10.1 Å². The van der Waals surface area contributed by atoms with Crippen molar-refractivity contribution in [1.82, 2.24) is 4.98 Å². The summed E-state index contributed by atoms with van der Waals surface area (Å²) in [5.74, 6) is 0.460. The lowest BCUT2D eigenvalue weighted by Gasteiger charge is -2.03. The first kappa shape index (κ1) is 16.8. The molecule has 3 aromatic rings. The van der Waals surface area contributed by atoms with Crippen molar-refractivity contribution in [2.75, 3.05) is 12.4 Å². The van der Waals surface area contributed by atoms with Gasteiger partial charge in [0.15, 0.2) is 5.13 Å². The van der Waals surface area contributed by atoms with Gasteiger partial charge in [-0.2, -0.15) is 0 Å². The molecule has 0 fully saturated rings. The number of carbonyl (C=O) groups excluding carboxylic acids is 1. The molecule has 0 spiro atoms. The molecule has 24 heavy (non-hydrogen) atoms. The summed E-state index contributed by atoms with van der Waals surface area (Å²) in [5.41, 5.74) is 2.10. The fourth-order valence-electron chi connectivity index (χ4n) is 2.05. The zero-order chi connectivity index (χ0) is 17.1. The standard InChI is InChI=1S/C17H12Cl2N2O2S/c1-23-12-4-2-3-10(7-12)15-9-24-17(20-15)21-16(22)11-5-6-13(18)14(19)8-11/h2-9H,1H3,(H,20,21,22). The number of ether oxygens (including phenoxy) is 1. The maximum Gasteiger partial charge on any atom is 0.257 e. The van der Waals surface area contributed by atoms with Crippen LogP contribution in [-0.4, -0.2) is 18.0 Å². The number of rotatable bonds is 4. The van der Waals surface area contributed by atoms with Crippen molar-refractivity contribution in [1.29, 1.82) is 0 Å². The Balaban J connectivity index is 1.78. The number of halogens is 2. The molecule has 0 atom stereocenters. The first-order valence-corrected chi connectivity index (χ1v) is 8.57. The molecule has 3 rings (SSSR count). The summed E-state index contributed by atoms with van der Waals surface area (Å²) in [6.07, 6.45) is 0. The normalized spacial score (nSPS) is 10.5. The number of methoxy groups -OCH3 is 1. The fourth-order valence-corrected chi connectivity index (χ4v) is 3.07. The molecule has 1 N–H and O–H groups in total. The van der Waals surface area contributed by atoms with Gasteiger partial charge in [0.05, 0.1) is 22.8 Å². The van der Waals surface area contributed by atoms with Gasteiger partial charge >= 0.3 is 0 Å². The number of anilines is 1. The lowest BCUT2D eigenvalue weighted by atomic mass is 10.2. The van der Waals surface area contributed by atoms with Crippen LogP contribution in [-0.2, 0) is 0 Å². The molecule has 4 nitrogen and oxygen atoms in total. The van der Waals surface area contributed by atoms with Crippen LogP contribution < -0.4 is 10.1 Å². The number of hydrogen-bond donors (Lipinski definition) is 1. The molecule has 0 saturated heterocycles. The molecule has 1 aromatic heterocycles. The Morgan fingerprint density at radius 2 is 2.00 bits per heavy atom. The quantitative estimate of drug-likeness (QED) is 0.662. The number of carbonyl (C=O) groups is 1. The summed E-state index contributed by atoms with van der Waals surface area (Å²) in [5, 5.41) is 5.88. The summed E-state index contributed by atoms with van der Waals surface area (Å²) >= 11 is 13.1. The predicted octanol–water partition coefficient (Wildman–Crippen LogP) is 5.38. The number of aromatic nitrogens is 1. The zero-order valence-electron chi connectivity index (χ0n) is 12.5. The summed E-state index contributed by atoms with van der Waals surface area (Å²) in [6.45, 7) is 0. The largest absolute Gasteiger partial charge is 0.497 e. The van der Waals surface area contributed by atoms with Gasteiger partial charge in [0, 0.05) is 16.5 Å². The average Bonchev–Trinajstić information content (AvgIpc) is 3.06.